The summed E-state index contributed by atoms with van der Waals surface area (Å²) in [4.78, 5) is 28.4. The average molecular weight is 371 g/mol. The molecule has 0 saturated carbocycles. The number of aromatic carboxylic acids is 1. The van der Waals surface area contributed by atoms with E-state index in [1.807, 2.05) is 6.07 Å². The second-order valence-electron chi connectivity index (χ2n) is 6.64. The standard InChI is InChI=1S/C20H22FN3O3/c1-23-9-2-10-24(12-11-23)16-7-8-18(17(13-16)20(26)27)22-19(25)14-3-5-15(21)6-4-14/h3-8,13H,2,9-12H2,1H3,(H,22,25)(H,26,27). The van der Waals surface area contributed by atoms with Crippen molar-refractivity contribution in [2.45, 2.75) is 6.42 Å². The Labute approximate surface area is 157 Å². The van der Waals surface area contributed by atoms with Crippen molar-refractivity contribution < 1.29 is 19.1 Å². The molecule has 0 unspecified atom stereocenters. The van der Waals surface area contributed by atoms with E-state index in [4.69, 9.17) is 0 Å². The van der Waals surface area contributed by atoms with E-state index in [2.05, 4.69) is 22.2 Å². The molecule has 27 heavy (non-hydrogen) atoms. The van der Waals surface area contributed by atoms with E-state index in [1.165, 1.54) is 24.3 Å². The van der Waals surface area contributed by atoms with Gasteiger partial charge in [-0.1, -0.05) is 0 Å². The van der Waals surface area contributed by atoms with Gasteiger partial charge in [0, 0.05) is 30.9 Å². The van der Waals surface area contributed by atoms with Crippen LogP contribution in [0, 0.1) is 5.82 Å². The van der Waals surface area contributed by atoms with Crippen LogP contribution in [0.2, 0.25) is 0 Å². The molecule has 1 aliphatic heterocycles. The smallest absolute Gasteiger partial charge is 0.337 e. The third-order valence-corrected chi connectivity index (χ3v) is 4.67. The molecule has 0 aromatic heterocycles. The van der Waals surface area contributed by atoms with Gasteiger partial charge >= 0.3 is 5.97 Å². The number of nitrogens with zero attached hydrogens (tertiary/aromatic N) is 2. The number of carboxylic acid groups (broad SMARTS) is 1. The molecule has 2 aromatic rings. The number of likely N-dealkylation sites (N-methyl/N-ethyl adjacent to an activating group) is 1. The SMILES string of the molecule is CN1CCCN(c2ccc(NC(=O)c3ccc(F)cc3)c(C(=O)O)c2)CC1. The number of nitrogens with one attached hydrogen (secondary N) is 1. The molecule has 6 nitrogen and oxygen atoms in total. The number of carboxylic acids is 1. The van der Waals surface area contributed by atoms with Gasteiger partial charge in [0.25, 0.3) is 5.91 Å². The van der Waals surface area contributed by atoms with Gasteiger partial charge < -0.3 is 20.2 Å². The predicted molar refractivity (Wildman–Crippen MR) is 102 cm³/mol. The van der Waals surface area contributed by atoms with Crippen LogP contribution in [0.25, 0.3) is 0 Å². The number of halogens is 1. The van der Waals surface area contributed by atoms with Crippen LogP contribution in [0.4, 0.5) is 15.8 Å². The van der Waals surface area contributed by atoms with Crippen LogP contribution in [-0.4, -0.2) is 55.1 Å². The second-order valence-corrected chi connectivity index (χ2v) is 6.64. The Balaban J connectivity index is 1.82. The average Bonchev–Trinajstić information content (AvgIpc) is 2.87. The van der Waals surface area contributed by atoms with Crippen molar-refractivity contribution in [2.24, 2.45) is 0 Å². The number of hydrogen-bond donors (Lipinski definition) is 2. The molecule has 2 N–H and O–H groups in total. The summed E-state index contributed by atoms with van der Waals surface area (Å²) in [5.41, 5.74) is 1.32. The Bertz CT molecular complexity index is 839. The third kappa shape index (κ3) is 4.62. The van der Waals surface area contributed by atoms with Crippen molar-refractivity contribution in [3.05, 3.63) is 59.4 Å². The molecular formula is C20H22FN3O3. The predicted octanol–water partition coefficient (Wildman–Crippen LogP) is 2.92. The molecule has 1 fully saturated rings. The molecule has 0 bridgehead atoms. The van der Waals surface area contributed by atoms with Crippen molar-refractivity contribution in [3.63, 3.8) is 0 Å². The third-order valence-electron chi connectivity index (χ3n) is 4.67. The Kier molecular flexibility index (Phi) is 5.71. The molecule has 0 atom stereocenters. The summed E-state index contributed by atoms with van der Waals surface area (Å²) < 4.78 is 13.0. The van der Waals surface area contributed by atoms with Gasteiger partial charge in [-0.15, -0.1) is 0 Å². The minimum Gasteiger partial charge on any atom is -0.478 e. The number of anilines is 2. The van der Waals surface area contributed by atoms with Gasteiger partial charge in [-0.25, -0.2) is 9.18 Å². The van der Waals surface area contributed by atoms with Crippen LogP contribution in [0.1, 0.15) is 27.1 Å². The van der Waals surface area contributed by atoms with Crippen LogP contribution in [0.3, 0.4) is 0 Å². The van der Waals surface area contributed by atoms with Crippen molar-refractivity contribution in [3.8, 4) is 0 Å². The van der Waals surface area contributed by atoms with Crippen LogP contribution >= 0.6 is 0 Å². The highest BCUT2D eigenvalue weighted by molar-refractivity contribution is 6.08. The van der Waals surface area contributed by atoms with Gasteiger partial charge in [-0.3, -0.25) is 4.79 Å². The van der Waals surface area contributed by atoms with E-state index < -0.39 is 17.7 Å². The molecule has 0 aliphatic carbocycles. The Morgan fingerprint density at radius 2 is 1.78 bits per heavy atom. The molecule has 3 rings (SSSR count). The zero-order valence-electron chi connectivity index (χ0n) is 15.1. The summed E-state index contributed by atoms with van der Waals surface area (Å²) in [6.07, 6.45) is 1.00. The fraction of sp³-hybridized carbons (Fsp3) is 0.300. The first kappa shape index (κ1) is 18.8. The molecule has 2 aromatic carbocycles. The molecule has 1 heterocycles. The largest absolute Gasteiger partial charge is 0.478 e. The number of amides is 1. The van der Waals surface area contributed by atoms with Gasteiger partial charge in [0.2, 0.25) is 0 Å². The molecular weight excluding hydrogens is 349 g/mol. The minimum atomic E-state index is -1.11. The first-order valence-corrected chi connectivity index (χ1v) is 8.82. The Hall–Kier alpha value is -2.93. The summed E-state index contributed by atoms with van der Waals surface area (Å²) in [7, 11) is 2.07. The Morgan fingerprint density at radius 3 is 2.48 bits per heavy atom. The highest BCUT2D eigenvalue weighted by Crippen LogP contribution is 2.25. The van der Waals surface area contributed by atoms with Crippen LogP contribution in [-0.2, 0) is 0 Å². The highest BCUT2D eigenvalue weighted by Gasteiger charge is 2.18. The lowest BCUT2D eigenvalue weighted by Crippen LogP contribution is -2.29. The number of carbonyl (C=O) groups excluding carboxylic acids is 1. The Morgan fingerprint density at radius 1 is 1.04 bits per heavy atom. The van der Waals surface area contributed by atoms with Gasteiger partial charge in [0.15, 0.2) is 0 Å². The maximum Gasteiger partial charge on any atom is 0.337 e. The van der Waals surface area contributed by atoms with E-state index >= 15 is 0 Å². The van der Waals surface area contributed by atoms with Crippen molar-refractivity contribution in [2.75, 3.05) is 43.4 Å². The zero-order chi connectivity index (χ0) is 19.4. The topological polar surface area (TPSA) is 72.9 Å². The highest BCUT2D eigenvalue weighted by atomic mass is 19.1. The van der Waals surface area contributed by atoms with Crippen LogP contribution in [0.5, 0.6) is 0 Å². The van der Waals surface area contributed by atoms with E-state index in [0.29, 0.717) is 0 Å². The van der Waals surface area contributed by atoms with Gasteiger partial charge in [0.05, 0.1) is 11.3 Å². The maximum absolute atomic E-state index is 13.0. The molecule has 0 spiro atoms. The lowest BCUT2D eigenvalue weighted by Gasteiger charge is -2.24. The fourth-order valence-electron chi connectivity index (χ4n) is 3.12. The number of benzene rings is 2. The molecule has 142 valence electrons. The van der Waals surface area contributed by atoms with Gasteiger partial charge in [-0.2, -0.15) is 0 Å². The monoisotopic (exact) mass is 371 g/mol. The minimum absolute atomic E-state index is 0.0283. The maximum atomic E-state index is 13.0. The summed E-state index contributed by atoms with van der Waals surface area (Å²) >= 11 is 0. The molecule has 7 heteroatoms. The van der Waals surface area contributed by atoms with E-state index in [1.54, 1.807) is 12.1 Å². The first-order valence-electron chi connectivity index (χ1n) is 8.82. The first-order chi connectivity index (χ1) is 12.9. The summed E-state index contributed by atoms with van der Waals surface area (Å²) in [6.45, 7) is 3.58. The van der Waals surface area contributed by atoms with E-state index in [0.717, 1.165) is 38.3 Å². The summed E-state index contributed by atoms with van der Waals surface area (Å²) in [6, 6.07) is 10.1. The lowest BCUT2D eigenvalue weighted by atomic mass is 10.1. The summed E-state index contributed by atoms with van der Waals surface area (Å²) in [5.74, 6) is -2.04. The van der Waals surface area contributed by atoms with Gasteiger partial charge in [0.1, 0.15) is 5.82 Å². The van der Waals surface area contributed by atoms with Crippen LogP contribution < -0.4 is 10.2 Å². The molecule has 1 aliphatic rings. The zero-order valence-corrected chi connectivity index (χ0v) is 15.1. The number of rotatable bonds is 4. The quantitative estimate of drug-likeness (QED) is 0.865. The molecule has 1 amide bonds. The fourth-order valence-corrected chi connectivity index (χ4v) is 3.12. The van der Waals surface area contributed by atoms with Crippen LogP contribution in [0.15, 0.2) is 42.5 Å². The number of carbonyl (C=O) groups is 2. The molecule has 0 radical (unpaired) electrons. The van der Waals surface area contributed by atoms with Crippen molar-refractivity contribution in [1.82, 2.24) is 4.90 Å². The molecule has 1 saturated heterocycles. The van der Waals surface area contributed by atoms with Gasteiger partial charge in [-0.05, 0) is 62.5 Å². The normalized spacial score (nSPS) is 15.3. The lowest BCUT2D eigenvalue weighted by molar-refractivity contribution is 0.0698. The number of hydrogen-bond acceptors (Lipinski definition) is 4. The summed E-state index contributed by atoms with van der Waals surface area (Å²) in [5, 5.41) is 12.2. The second kappa shape index (κ2) is 8.18. The van der Waals surface area contributed by atoms with Crippen molar-refractivity contribution >= 4 is 23.3 Å². The van der Waals surface area contributed by atoms with Crippen molar-refractivity contribution in [1.29, 1.82) is 0 Å². The van der Waals surface area contributed by atoms with E-state index in [9.17, 15) is 19.1 Å². The van der Waals surface area contributed by atoms with E-state index in [-0.39, 0.29) is 16.8 Å².